The fourth-order valence-corrected chi connectivity index (χ4v) is 3.41. The van der Waals surface area contributed by atoms with E-state index in [4.69, 9.17) is 0 Å². The highest BCUT2D eigenvalue weighted by Crippen LogP contribution is 2.35. The van der Waals surface area contributed by atoms with Crippen LogP contribution in [0.5, 0.6) is 0 Å². The van der Waals surface area contributed by atoms with Crippen LogP contribution < -0.4 is 5.32 Å². The first-order chi connectivity index (χ1) is 13.1. The number of aryl methyl sites for hydroxylation is 1. The van der Waals surface area contributed by atoms with Gasteiger partial charge in [-0.25, -0.2) is 4.98 Å². The third-order valence-corrected chi connectivity index (χ3v) is 4.60. The molecule has 6 nitrogen and oxygen atoms in total. The van der Waals surface area contributed by atoms with E-state index in [1.54, 1.807) is 18.3 Å². The molecule has 27 heavy (non-hydrogen) atoms. The third kappa shape index (κ3) is 3.25. The smallest absolute Gasteiger partial charge is 0.269 e. The third-order valence-electron chi connectivity index (χ3n) is 4.60. The lowest BCUT2D eigenvalue weighted by Crippen LogP contribution is -2.14. The van der Waals surface area contributed by atoms with Crippen molar-refractivity contribution in [1.29, 1.82) is 0 Å². The first-order valence-electron chi connectivity index (χ1n) is 8.62. The molecule has 0 fully saturated rings. The monoisotopic (exact) mass is 358 g/mol. The van der Waals surface area contributed by atoms with Crippen molar-refractivity contribution in [2.24, 2.45) is 0 Å². The first kappa shape index (κ1) is 16.8. The van der Waals surface area contributed by atoms with E-state index in [0.717, 1.165) is 27.7 Å². The number of hydrogen-bond donors (Lipinski definition) is 2. The number of aromatic amines is 1. The van der Waals surface area contributed by atoms with E-state index in [0.29, 0.717) is 5.82 Å². The van der Waals surface area contributed by atoms with Gasteiger partial charge in [0.25, 0.3) is 5.69 Å². The lowest BCUT2D eigenvalue weighted by Gasteiger charge is -2.21. The van der Waals surface area contributed by atoms with Crippen LogP contribution in [0.15, 0.2) is 72.9 Å². The van der Waals surface area contributed by atoms with Crippen LogP contribution in [0.4, 0.5) is 11.5 Å². The Morgan fingerprint density at radius 2 is 1.89 bits per heavy atom. The summed E-state index contributed by atoms with van der Waals surface area (Å²) in [6.45, 7) is 2.01. The number of para-hydroxylation sites is 1. The summed E-state index contributed by atoms with van der Waals surface area (Å²) < 4.78 is 0. The molecule has 6 heteroatoms. The molecule has 0 radical (unpaired) electrons. The molecule has 2 N–H and O–H groups in total. The number of anilines is 1. The zero-order valence-corrected chi connectivity index (χ0v) is 14.7. The largest absolute Gasteiger partial charge is 0.359 e. The number of hydrogen-bond acceptors (Lipinski definition) is 4. The minimum absolute atomic E-state index is 0.0674. The number of nitro groups is 1. The molecule has 0 bridgehead atoms. The van der Waals surface area contributed by atoms with Crippen LogP contribution in [0, 0.1) is 17.0 Å². The van der Waals surface area contributed by atoms with Crippen LogP contribution in [-0.2, 0) is 0 Å². The second-order valence-electron chi connectivity index (χ2n) is 6.35. The molecule has 0 aliphatic rings. The highest BCUT2D eigenvalue weighted by molar-refractivity contribution is 5.86. The number of fused-ring (bicyclic) bond motifs is 1. The summed E-state index contributed by atoms with van der Waals surface area (Å²) in [6.07, 6.45) is 1.72. The summed E-state index contributed by atoms with van der Waals surface area (Å²) >= 11 is 0. The summed E-state index contributed by atoms with van der Waals surface area (Å²) in [7, 11) is 0. The van der Waals surface area contributed by atoms with E-state index >= 15 is 0 Å². The van der Waals surface area contributed by atoms with Crippen LogP contribution >= 0.6 is 0 Å². The van der Waals surface area contributed by atoms with Gasteiger partial charge in [0.1, 0.15) is 5.82 Å². The molecule has 0 aliphatic heterocycles. The number of pyridine rings is 1. The molecular formula is C21H18N4O2. The molecule has 4 rings (SSSR count). The first-order valence-corrected chi connectivity index (χ1v) is 8.62. The zero-order chi connectivity index (χ0) is 18.8. The van der Waals surface area contributed by atoms with Gasteiger partial charge in [-0.1, -0.05) is 36.4 Å². The number of nitrogens with one attached hydrogen (secondary N) is 2. The highest BCUT2D eigenvalue weighted by atomic mass is 16.6. The molecule has 4 aromatic rings. The lowest BCUT2D eigenvalue weighted by molar-refractivity contribution is -0.384. The van der Waals surface area contributed by atoms with E-state index in [1.165, 1.54) is 6.07 Å². The van der Waals surface area contributed by atoms with Crippen molar-refractivity contribution in [2.75, 3.05) is 5.32 Å². The van der Waals surface area contributed by atoms with E-state index in [-0.39, 0.29) is 16.7 Å². The van der Waals surface area contributed by atoms with Crippen LogP contribution in [0.1, 0.15) is 22.9 Å². The Bertz CT molecular complexity index is 1110. The molecule has 0 saturated carbocycles. The molecule has 1 unspecified atom stereocenters. The van der Waals surface area contributed by atoms with E-state index < -0.39 is 0 Å². The number of nitro benzene ring substituents is 1. The number of H-pyrrole nitrogens is 1. The zero-order valence-electron chi connectivity index (χ0n) is 14.7. The Morgan fingerprint density at radius 1 is 1.07 bits per heavy atom. The molecule has 2 aromatic heterocycles. The van der Waals surface area contributed by atoms with Gasteiger partial charge in [-0.3, -0.25) is 10.1 Å². The number of nitrogens with zero attached hydrogens (tertiary/aromatic N) is 2. The molecular weight excluding hydrogens is 340 g/mol. The standard InChI is InChI=1S/C21H18N4O2/c1-14-20(17-9-2-3-10-18(17)23-14)21(24-19-11-4-5-12-22-19)15-7-6-8-16(13-15)25(26)27/h2-13,21,23H,1H3,(H,22,24). The second-order valence-corrected chi connectivity index (χ2v) is 6.35. The minimum atomic E-state index is -0.372. The van der Waals surface area contributed by atoms with E-state index in [1.807, 2.05) is 49.4 Å². The molecule has 0 aliphatic carbocycles. The molecule has 2 heterocycles. The van der Waals surface area contributed by atoms with Crippen LogP contribution in [0.3, 0.4) is 0 Å². The molecule has 1 atom stereocenters. The maximum Gasteiger partial charge on any atom is 0.269 e. The van der Waals surface area contributed by atoms with Crippen molar-refractivity contribution in [3.63, 3.8) is 0 Å². The van der Waals surface area contributed by atoms with Crippen LogP contribution in [0.25, 0.3) is 10.9 Å². The Kier molecular flexibility index (Phi) is 4.30. The van der Waals surface area contributed by atoms with Gasteiger partial charge in [-0.15, -0.1) is 0 Å². The predicted molar refractivity (Wildman–Crippen MR) is 106 cm³/mol. The normalized spacial score (nSPS) is 12.0. The van der Waals surface area contributed by atoms with Gasteiger partial charge in [-0.05, 0) is 30.7 Å². The maximum atomic E-state index is 11.3. The second kappa shape index (κ2) is 6.92. The average Bonchev–Trinajstić information content (AvgIpc) is 3.02. The van der Waals surface area contributed by atoms with Crippen LogP contribution in [-0.4, -0.2) is 14.9 Å². The van der Waals surface area contributed by atoms with Gasteiger partial charge < -0.3 is 10.3 Å². The molecule has 2 aromatic carbocycles. The van der Waals surface area contributed by atoms with Gasteiger partial charge in [0.2, 0.25) is 0 Å². The summed E-state index contributed by atoms with van der Waals surface area (Å²) in [4.78, 5) is 18.7. The van der Waals surface area contributed by atoms with Crippen molar-refractivity contribution < 1.29 is 4.92 Å². The Labute approximate surface area is 156 Å². The van der Waals surface area contributed by atoms with Crippen molar-refractivity contribution in [2.45, 2.75) is 13.0 Å². The SMILES string of the molecule is Cc1[nH]c2ccccc2c1C(Nc1ccccn1)c1cccc([N+](=O)[O-])c1. The summed E-state index contributed by atoms with van der Waals surface area (Å²) in [5.74, 6) is 0.707. The van der Waals surface area contributed by atoms with Crippen molar-refractivity contribution in [1.82, 2.24) is 9.97 Å². The van der Waals surface area contributed by atoms with Gasteiger partial charge >= 0.3 is 0 Å². The van der Waals surface area contributed by atoms with Gasteiger partial charge in [0, 0.05) is 40.5 Å². The fraction of sp³-hybridized carbons (Fsp3) is 0.0952. The summed E-state index contributed by atoms with van der Waals surface area (Å²) in [6, 6.07) is 20.1. The molecule has 134 valence electrons. The number of rotatable bonds is 5. The molecule has 0 amide bonds. The molecule has 0 spiro atoms. The minimum Gasteiger partial charge on any atom is -0.359 e. The average molecular weight is 358 g/mol. The van der Waals surface area contributed by atoms with Gasteiger partial charge in [0.05, 0.1) is 11.0 Å². The fourth-order valence-electron chi connectivity index (χ4n) is 3.41. The quantitative estimate of drug-likeness (QED) is 0.389. The van der Waals surface area contributed by atoms with Crippen molar-refractivity contribution in [3.8, 4) is 0 Å². The Balaban J connectivity index is 1.89. The maximum absolute atomic E-state index is 11.3. The van der Waals surface area contributed by atoms with E-state index in [2.05, 4.69) is 21.4 Å². The molecule has 0 saturated heterocycles. The van der Waals surface area contributed by atoms with Crippen molar-refractivity contribution in [3.05, 3.63) is 99.9 Å². The lowest BCUT2D eigenvalue weighted by atomic mass is 9.95. The van der Waals surface area contributed by atoms with Crippen LogP contribution in [0.2, 0.25) is 0 Å². The number of aromatic nitrogens is 2. The predicted octanol–water partition coefficient (Wildman–Crippen LogP) is 4.98. The van der Waals surface area contributed by atoms with Gasteiger partial charge in [0.15, 0.2) is 0 Å². The Morgan fingerprint density at radius 3 is 2.67 bits per heavy atom. The van der Waals surface area contributed by atoms with Gasteiger partial charge in [-0.2, -0.15) is 0 Å². The summed E-state index contributed by atoms with van der Waals surface area (Å²) in [5, 5.41) is 15.8. The number of non-ortho nitro benzene ring substituents is 1. The summed E-state index contributed by atoms with van der Waals surface area (Å²) in [5.41, 5.74) is 3.97. The number of benzene rings is 2. The highest BCUT2D eigenvalue weighted by Gasteiger charge is 2.22. The van der Waals surface area contributed by atoms with Crippen molar-refractivity contribution >= 4 is 22.4 Å². The Hall–Kier alpha value is -3.67. The topological polar surface area (TPSA) is 83.8 Å². The van der Waals surface area contributed by atoms with E-state index in [9.17, 15) is 10.1 Å².